The van der Waals surface area contributed by atoms with E-state index in [1.807, 2.05) is 42.5 Å². The molecule has 0 aliphatic rings. The molecule has 0 bridgehead atoms. The molecule has 0 saturated heterocycles. The zero-order chi connectivity index (χ0) is 14.5. The Labute approximate surface area is 125 Å². The van der Waals surface area contributed by atoms with Crippen molar-refractivity contribution in [1.82, 2.24) is 0 Å². The average molecular weight is 290 g/mol. The van der Waals surface area contributed by atoms with Gasteiger partial charge in [0.05, 0.1) is 14.2 Å². The first-order valence-electron chi connectivity index (χ1n) is 6.44. The van der Waals surface area contributed by atoms with E-state index < -0.39 is 0 Å². The summed E-state index contributed by atoms with van der Waals surface area (Å²) in [5.41, 5.74) is 2.10. The fourth-order valence-corrected chi connectivity index (χ4v) is 2.49. The van der Waals surface area contributed by atoms with Gasteiger partial charge in [-0.3, -0.25) is 0 Å². The molecule has 2 aromatic carbocycles. The lowest BCUT2D eigenvalue weighted by molar-refractivity contribution is 0.350. The second-order valence-corrected chi connectivity index (χ2v) is 4.98. The van der Waals surface area contributed by atoms with E-state index in [2.05, 4.69) is 6.92 Å². The SMILES string of the molecule is [CH2]C(Cc1ccccc1Cl)c1cccc(OC)c1OC. The third-order valence-corrected chi connectivity index (χ3v) is 3.67. The van der Waals surface area contributed by atoms with Crippen LogP contribution in [0.2, 0.25) is 5.02 Å². The summed E-state index contributed by atoms with van der Waals surface area (Å²) in [6, 6.07) is 13.7. The number of ether oxygens (including phenoxy) is 2. The summed E-state index contributed by atoms with van der Waals surface area (Å²) in [5.74, 6) is 1.50. The number of hydrogen-bond donors (Lipinski definition) is 0. The molecule has 0 aromatic heterocycles. The average Bonchev–Trinajstić information content (AvgIpc) is 2.48. The maximum absolute atomic E-state index is 6.20. The lowest BCUT2D eigenvalue weighted by Crippen LogP contribution is -2.03. The van der Waals surface area contributed by atoms with Crippen LogP contribution in [0.4, 0.5) is 0 Å². The number of halogens is 1. The van der Waals surface area contributed by atoms with Crippen LogP contribution in [-0.2, 0) is 6.42 Å². The van der Waals surface area contributed by atoms with Gasteiger partial charge < -0.3 is 9.47 Å². The Hall–Kier alpha value is -1.67. The minimum atomic E-state index is 0.0416. The molecule has 0 aliphatic carbocycles. The number of para-hydroxylation sites is 1. The summed E-state index contributed by atoms with van der Waals surface area (Å²) in [6.07, 6.45) is 0.753. The van der Waals surface area contributed by atoms with Gasteiger partial charge in [-0.2, -0.15) is 0 Å². The van der Waals surface area contributed by atoms with Gasteiger partial charge in [-0.1, -0.05) is 41.9 Å². The van der Waals surface area contributed by atoms with Crippen molar-refractivity contribution in [2.75, 3.05) is 14.2 Å². The number of rotatable bonds is 5. The Morgan fingerprint density at radius 2 is 1.80 bits per heavy atom. The van der Waals surface area contributed by atoms with Gasteiger partial charge in [0.25, 0.3) is 0 Å². The van der Waals surface area contributed by atoms with Gasteiger partial charge in [-0.25, -0.2) is 0 Å². The van der Waals surface area contributed by atoms with E-state index >= 15 is 0 Å². The van der Waals surface area contributed by atoms with Crippen molar-refractivity contribution in [1.29, 1.82) is 0 Å². The van der Waals surface area contributed by atoms with Crippen molar-refractivity contribution >= 4 is 11.6 Å². The molecule has 2 rings (SSSR count). The van der Waals surface area contributed by atoms with Gasteiger partial charge in [0.1, 0.15) is 0 Å². The molecule has 105 valence electrons. The minimum Gasteiger partial charge on any atom is -0.493 e. The monoisotopic (exact) mass is 289 g/mol. The maximum Gasteiger partial charge on any atom is 0.164 e. The summed E-state index contributed by atoms with van der Waals surface area (Å²) in [7, 11) is 3.28. The van der Waals surface area contributed by atoms with Crippen LogP contribution in [-0.4, -0.2) is 14.2 Å². The van der Waals surface area contributed by atoms with Crippen molar-refractivity contribution in [2.45, 2.75) is 12.3 Å². The standard InChI is InChI=1S/C17H18ClO2/c1-12(11-13-7-4-5-9-15(13)18)14-8-6-10-16(19-2)17(14)20-3/h4-10,12H,1,11H2,2-3H3. The highest BCUT2D eigenvalue weighted by molar-refractivity contribution is 6.31. The predicted molar refractivity (Wildman–Crippen MR) is 82.8 cm³/mol. The second kappa shape index (κ2) is 6.67. The van der Waals surface area contributed by atoms with Gasteiger partial charge in [0.15, 0.2) is 11.5 Å². The molecule has 20 heavy (non-hydrogen) atoms. The van der Waals surface area contributed by atoms with Crippen LogP contribution in [0.15, 0.2) is 42.5 Å². The Kier molecular flexibility index (Phi) is 4.91. The molecule has 1 unspecified atom stereocenters. The molecule has 3 heteroatoms. The van der Waals surface area contributed by atoms with Gasteiger partial charge in [0.2, 0.25) is 0 Å². The van der Waals surface area contributed by atoms with Crippen LogP contribution in [0.1, 0.15) is 17.0 Å². The number of benzene rings is 2. The van der Waals surface area contributed by atoms with Crippen LogP contribution >= 0.6 is 11.6 Å². The molecule has 0 heterocycles. The van der Waals surface area contributed by atoms with Gasteiger partial charge in [0, 0.05) is 10.6 Å². The van der Waals surface area contributed by atoms with E-state index in [4.69, 9.17) is 21.1 Å². The zero-order valence-corrected chi connectivity index (χ0v) is 12.5. The van der Waals surface area contributed by atoms with Crippen molar-refractivity contribution in [3.05, 3.63) is 65.5 Å². The van der Waals surface area contributed by atoms with E-state index in [0.717, 1.165) is 34.1 Å². The molecule has 0 saturated carbocycles. The number of hydrogen-bond acceptors (Lipinski definition) is 2. The van der Waals surface area contributed by atoms with Gasteiger partial charge in [-0.15, -0.1) is 0 Å². The first-order chi connectivity index (χ1) is 9.67. The third-order valence-electron chi connectivity index (χ3n) is 3.30. The highest BCUT2D eigenvalue weighted by atomic mass is 35.5. The van der Waals surface area contributed by atoms with E-state index in [-0.39, 0.29) is 5.92 Å². The fourth-order valence-electron chi connectivity index (χ4n) is 2.27. The molecular formula is C17H18ClO2. The zero-order valence-electron chi connectivity index (χ0n) is 11.7. The molecule has 2 nitrogen and oxygen atoms in total. The lowest BCUT2D eigenvalue weighted by Gasteiger charge is -2.18. The van der Waals surface area contributed by atoms with Gasteiger partial charge >= 0.3 is 0 Å². The molecule has 0 N–H and O–H groups in total. The van der Waals surface area contributed by atoms with Crippen molar-refractivity contribution in [3.63, 3.8) is 0 Å². The molecule has 2 aromatic rings. The Morgan fingerprint density at radius 3 is 2.45 bits per heavy atom. The molecule has 1 atom stereocenters. The summed E-state index contributed by atoms with van der Waals surface area (Å²) >= 11 is 6.20. The Morgan fingerprint density at radius 1 is 1.05 bits per heavy atom. The first-order valence-corrected chi connectivity index (χ1v) is 6.82. The molecule has 0 aliphatic heterocycles. The molecule has 0 amide bonds. The summed E-state index contributed by atoms with van der Waals surface area (Å²) < 4.78 is 10.8. The highest BCUT2D eigenvalue weighted by Crippen LogP contribution is 2.37. The molecule has 0 spiro atoms. The van der Waals surface area contributed by atoms with Crippen molar-refractivity contribution in [3.8, 4) is 11.5 Å². The van der Waals surface area contributed by atoms with Crippen LogP contribution in [0.25, 0.3) is 0 Å². The van der Waals surface area contributed by atoms with Crippen LogP contribution in [0.3, 0.4) is 0 Å². The molecular weight excluding hydrogens is 272 g/mol. The summed E-state index contributed by atoms with van der Waals surface area (Å²) in [5, 5.41) is 0.767. The smallest absolute Gasteiger partial charge is 0.164 e. The Balaban J connectivity index is 2.30. The molecule has 0 fully saturated rings. The topological polar surface area (TPSA) is 18.5 Å². The van der Waals surface area contributed by atoms with E-state index in [0.29, 0.717) is 0 Å². The van der Waals surface area contributed by atoms with Gasteiger partial charge in [-0.05, 0) is 37.0 Å². The minimum absolute atomic E-state index is 0.0416. The first kappa shape index (κ1) is 14.7. The predicted octanol–water partition coefficient (Wildman–Crippen LogP) is 4.52. The highest BCUT2D eigenvalue weighted by Gasteiger charge is 2.16. The van der Waals surface area contributed by atoms with E-state index in [9.17, 15) is 0 Å². The number of methoxy groups -OCH3 is 2. The Bertz CT molecular complexity index is 581. The van der Waals surface area contributed by atoms with Crippen LogP contribution < -0.4 is 9.47 Å². The maximum atomic E-state index is 6.20. The third kappa shape index (κ3) is 3.07. The van der Waals surface area contributed by atoms with Crippen molar-refractivity contribution in [2.24, 2.45) is 0 Å². The normalized spacial score (nSPS) is 12.0. The van der Waals surface area contributed by atoms with Crippen LogP contribution in [0.5, 0.6) is 11.5 Å². The van der Waals surface area contributed by atoms with Crippen LogP contribution in [0, 0.1) is 6.92 Å². The summed E-state index contributed by atoms with van der Waals surface area (Å²) in [4.78, 5) is 0. The fraction of sp³-hybridized carbons (Fsp3) is 0.235. The second-order valence-electron chi connectivity index (χ2n) is 4.58. The quantitative estimate of drug-likeness (QED) is 0.806. The molecule has 1 radical (unpaired) electrons. The lowest BCUT2D eigenvalue weighted by atomic mass is 9.92. The van der Waals surface area contributed by atoms with Crippen molar-refractivity contribution < 1.29 is 9.47 Å². The van der Waals surface area contributed by atoms with E-state index in [1.165, 1.54) is 0 Å². The largest absolute Gasteiger partial charge is 0.493 e. The summed E-state index contributed by atoms with van der Waals surface area (Å²) in [6.45, 7) is 4.23. The van der Waals surface area contributed by atoms with E-state index in [1.54, 1.807) is 14.2 Å².